The van der Waals surface area contributed by atoms with Gasteiger partial charge in [-0.25, -0.2) is 9.98 Å². The van der Waals surface area contributed by atoms with E-state index in [-0.39, 0.29) is 0 Å². The molecule has 3 rings (SSSR count). The lowest BCUT2D eigenvalue weighted by Gasteiger charge is -2.09. The molecule has 0 aliphatic heterocycles. The molecule has 26 heavy (non-hydrogen) atoms. The van der Waals surface area contributed by atoms with Crippen LogP contribution in [0.4, 0.5) is 0 Å². The van der Waals surface area contributed by atoms with Crippen molar-refractivity contribution >= 4 is 5.96 Å². The summed E-state index contributed by atoms with van der Waals surface area (Å²) >= 11 is 0. The maximum Gasteiger partial charge on any atom is 0.228 e. The number of hydrogen-bond donors (Lipinski definition) is 2. The lowest BCUT2D eigenvalue weighted by atomic mass is 10.2. The molecule has 0 aliphatic rings. The van der Waals surface area contributed by atoms with Crippen molar-refractivity contribution in [1.82, 2.24) is 25.8 Å². The Morgan fingerprint density at radius 1 is 1.15 bits per heavy atom. The summed E-state index contributed by atoms with van der Waals surface area (Å²) in [6, 6.07) is 9.79. The minimum absolute atomic E-state index is 0.422. The third-order valence-corrected chi connectivity index (χ3v) is 3.52. The average Bonchev–Trinajstić information content (AvgIpc) is 3.29. The van der Waals surface area contributed by atoms with Gasteiger partial charge in [0.05, 0.1) is 6.54 Å². The van der Waals surface area contributed by atoms with Crippen LogP contribution >= 0.6 is 0 Å². The zero-order chi connectivity index (χ0) is 18.2. The van der Waals surface area contributed by atoms with Gasteiger partial charge in [-0.1, -0.05) is 23.4 Å². The Kier molecular flexibility index (Phi) is 5.97. The molecule has 0 saturated carbocycles. The van der Waals surface area contributed by atoms with Gasteiger partial charge in [0.2, 0.25) is 11.8 Å². The predicted molar refractivity (Wildman–Crippen MR) is 97.5 cm³/mol. The third kappa shape index (κ3) is 4.92. The van der Waals surface area contributed by atoms with E-state index >= 15 is 0 Å². The van der Waals surface area contributed by atoms with Gasteiger partial charge >= 0.3 is 0 Å². The molecular formula is C18H22N6O2. The molecule has 8 nitrogen and oxygen atoms in total. The number of hydrogen-bond acceptors (Lipinski definition) is 6. The van der Waals surface area contributed by atoms with Gasteiger partial charge in [-0.2, -0.15) is 4.98 Å². The van der Waals surface area contributed by atoms with Crippen molar-refractivity contribution in [3.63, 3.8) is 0 Å². The highest BCUT2D eigenvalue weighted by molar-refractivity contribution is 5.79. The SMILES string of the molecule is CCNC(=NCc1coc(-c2ccccc2)n1)NCCc1nc(C)no1. The van der Waals surface area contributed by atoms with Crippen molar-refractivity contribution in [1.29, 1.82) is 0 Å². The first-order valence-corrected chi connectivity index (χ1v) is 8.56. The van der Waals surface area contributed by atoms with Crippen LogP contribution in [-0.4, -0.2) is 34.2 Å². The summed E-state index contributed by atoms with van der Waals surface area (Å²) in [6.07, 6.45) is 2.27. The summed E-state index contributed by atoms with van der Waals surface area (Å²) in [7, 11) is 0. The molecule has 0 fully saturated rings. The molecule has 0 radical (unpaired) electrons. The van der Waals surface area contributed by atoms with Crippen LogP contribution in [0.1, 0.15) is 24.3 Å². The van der Waals surface area contributed by atoms with Gasteiger partial charge in [0.25, 0.3) is 0 Å². The zero-order valence-electron chi connectivity index (χ0n) is 14.9. The van der Waals surface area contributed by atoms with Crippen molar-refractivity contribution in [2.75, 3.05) is 13.1 Å². The Morgan fingerprint density at radius 2 is 2.00 bits per heavy atom. The lowest BCUT2D eigenvalue weighted by Crippen LogP contribution is -2.38. The van der Waals surface area contributed by atoms with Gasteiger partial charge in [-0.05, 0) is 26.0 Å². The number of rotatable bonds is 7. The van der Waals surface area contributed by atoms with Gasteiger partial charge in [0, 0.05) is 25.1 Å². The molecule has 1 aromatic carbocycles. The van der Waals surface area contributed by atoms with Crippen LogP contribution in [0.2, 0.25) is 0 Å². The van der Waals surface area contributed by atoms with Crippen LogP contribution in [0, 0.1) is 6.92 Å². The maximum absolute atomic E-state index is 5.54. The van der Waals surface area contributed by atoms with E-state index in [1.165, 1.54) is 0 Å². The number of aromatic nitrogens is 3. The van der Waals surface area contributed by atoms with E-state index in [0.717, 1.165) is 17.8 Å². The number of guanidine groups is 1. The Labute approximate surface area is 151 Å². The van der Waals surface area contributed by atoms with Crippen LogP contribution in [0.25, 0.3) is 11.5 Å². The Morgan fingerprint density at radius 3 is 2.73 bits per heavy atom. The van der Waals surface area contributed by atoms with Crippen molar-refractivity contribution in [3.05, 3.63) is 54.0 Å². The van der Waals surface area contributed by atoms with Crippen LogP contribution in [0.5, 0.6) is 0 Å². The first-order valence-electron chi connectivity index (χ1n) is 8.56. The molecule has 2 N–H and O–H groups in total. The van der Waals surface area contributed by atoms with E-state index in [9.17, 15) is 0 Å². The standard InChI is InChI=1S/C18H22N6O2/c1-3-19-18(20-10-9-16-22-13(2)24-26-16)21-11-15-12-25-17(23-15)14-7-5-4-6-8-14/h4-8,12H,3,9-11H2,1-2H3,(H2,19,20,21). The number of nitrogens with one attached hydrogen (secondary N) is 2. The van der Waals surface area contributed by atoms with E-state index < -0.39 is 0 Å². The first kappa shape index (κ1) is 17.7. The lowest BCUT2D eigenvalue weighted by molar-refractivity contribution is 0.374. The number of oxazole rings is 1. The smallest absolute Gasteiger partial charge is 0.228 e. The Balaban J connectivity index is 1.56. The fraction of sp³-hybridized carbons (Fsp3) is 0.333. The predicted octanol–water partition coefficient (Wildman–Crippen LogP) is 2.33. The molecule has 0 atom stereocenters. The molecule has 0 aliphatic carbocycles. The Hall–Kier alpha value is -3.16. The van der Waals surface area contributed by atoms with Gasteiger partial charge in [0.1, 0.15) is 12.0 Å². The quantitative estimate of drug-likeness (QED) is 0.496. The second-order valence-corrected chi connectivity index (χ2v) is 5.62. The van der Waals surface area contributed by atoms with Crippen molar-refractivity contribution in [2.24, 2.45) is 4.99 Å². The van der Waals surface area contributed by atoms with Crippen LogP contribution in [0.15, 0.2) is 50.5 Å². The number of aryl methyl sites for hydroxylation is 1. The highest BCUT2D eigenvalue weighted by atomic mass is 16.5. The second kappa shape index (κ2) is 8.80. The fourth-order valence-electron chi connectivity index (χ4n) is 2.32. The second-order valence-electron chi connectivity index (χ2n) is 5.62. The van der Waals surface area contributed by atoms with E-state index in [2.05, 4.69) is 30.8 Å². The normalized spacial score (nSPS) is 11.5. The van der Waals surface area contributed by atoms with Crippen molar-refractivity contribution < 1.29 is 8.94 Å². The minimum atomic E-state index is 0.422. The average molecular weight is 354 g/mol. The molecule has 8 heteroatoms. The van der Waals surface area contributed by atoms with Crippen LogP contribution < -0.4 is 10.6 Å². The van der Waals surface area contributed by atoms with Gasteiger partial charge in [-0.3, -0.25) is 0 Å². The number of benzene rings is 1. The third-order valence-electron chi connectivity index (χ3n) is 3.52. The van der Waals surface area contributed by atoms with E-state index in [0.29, 0.717) is 43.1 Å². The first-order chi connectivity index (χ1) is 12.7. The fourth-order valence-corrected chi connectivity index (χ4v) is 2.32. The highest BCUT2D eigenvalue weighted by Gasteiger charge is 2.07. The topological polar surface area (TPSA) is 101 Å². The summed E-state index contributed by atoms with van der Waals surface area (Å²) in [5.74, 6) is 2.55. The summed E-state index contributed by atoms with van der Waals surface area (Å²) in [6.45, 7) is 5.64. The molecule has 3 aromatic rings. The molecule has 0 amide bonds. The highest BCUT2D eigenvalue weighted by Crippen LogP contribution is 2.18. The largest absolute Gasteiger partial charge is 0.444 e. The molecule has 0 spiro atoms. The van der Waals surface area contributed by atoms with Crippen LogP contribution in [0.3, 0.4) is 0 Å². The monoisotopic (exact) mass is 354 g/mol. The van der Waals surface area contributed by atoms with E-state index in [1.54, 1.807) is 13.2 Å². The summed E-state index contributed by atoms with van der Waals surface area (Å²) < 4.78 is 10.6. The minimum Gasteiger partial charge on any atom is -0.444 e. The number of nitrogens with zero attached hydrogens (tertiary/aromatic N) is 4. The summed E-state index contributed by atoms with van der Waals surface area (Å²) in [4.78, 5) is 13.2. The van der Waals surface area contributed by atoms with Crippen LogP contribution in [-0.2, 0) is 13.0 Å². The molecule has 2 heterocycles. The molecule has 0 saturated heterocycles. The molecule has 0 unspecified atom stereocenters. The molecular weight excluding hydrogens is 332 g/mol. The van der Waals surface area contributed by atoms with Crippen molar-refractivity contribution in [2.45, 2.75) is 26.8 Å². The molecule has 2 aromatic heterocycles. The summed E-state index contributed by atoms with van der Waals surface area (Å²) in [5.41, 5.74) is 1.72. The van der Waals surface area contributed by atoms with E-state index in [1.807, 2.05) is 37.3 Å². The Bertz CT molecular complexity index is 840. The van der Waals surface area contributed by atoms with Gasteiger partial charge in [-0.15, -0.1) is 0 Å². The van der Waals surface area contributed by atoms with Crippen molar-refractivity contribution in [3.8, 4) is 11.5 Å². The maximum atomic E-state index is 5.54. The molecule has 136 valence electrons. The van der Waals surface area contributed by atoms with E-state index in [4.69, 9.17) is 8.94 Å². The molecule has 0 bridgehead atoms. The van der Waals surface area contributed by atoms with Gasteiger partial charge < -0.3 is 19.6 Å². The summed E-state index contributed by atoms with van der Waals surface area (Å²) in [5, 5.41) is 10.2. The van der Waals surface area contributed by atoms with Gasteiger partial charge in [0.15, 0.2) is 11.8 Å². The zero-order valence-corrected chi connectivity index (χ0v) is 14.9. The number of aliphatic imine (C=N–C) groups is 1.